The molecule has 6 rings (SSSR count). The van der Waals surface area contributed by atoms with Gasteiger partial charge in [0, 0.05) is 24.8 Å². The van der Waals surface area contributed by atoms with Crippen molar-refractivity contribution in [1.82, 2.24) is 0 Å². The maximum absolute atomic E-state index is 11.7. The second kappa shape index (κ2) is 14.7. The van der Waals surface area contributed by atoms with Crippen molar-refractivity contribution in [2.75, 3.05) is 17.2 Å². The summed E-state index contributed by atoms with van der Waals surface area (Å²) < 4.78 is 83.6. The van der Waals surface area contributed by atoms with Gasteiger partial charge in [0.05, 0.1) is 42.6 Å². The topological polar surface area (TPSA) is 144 Å². The SMILES string of the molecule is CCC(=C/c1oc2ccc3ccccc3c2[n+]1CCC(C)S(=O)(=O)[O-])/C=C1/Oc2cc3ccccc3cc2N1CCCCS(=O)(=O)[O-].[Na+]. The Bertz CT molecular complexity index is 2260. The van der Waals surface area contributed by atoms with Crippen LogP contribution in [0.5, 0.6) is 5.75 Å². The molecule has 246 valence electrons. The average Bonchev–Trinajstić information content (AvgIpc) is 3.55. The van der Waals surface area contributed by atoms with Crippen LogP contribution in [0.3, 0.4) is 0 Å². The minimum Gasteiger partial charge on any atom is -0.748 e. The molecule has 0 spiro atoms. The molecule has 1 atom stereocenters. The number of allylic oxidation sites excluding steroid dienone is 2. The van der Waals surface area contributed by atoms with Crippen molar-refractivity contribution in [2.24, 2.45) is 0 Å². The van der Waals surface area contributed by atoms with Gasteiger partial charge in [0.1, 0.15) is 0 Å². The Morgan fingerprint density at radius 2 is 1.62 bits per heavy atom. The fraction of sp³-hybridized carbons (Fsp3) is 0.286. The summed E-state index contributed by atoms with van der Waals surface area (Å²) in [5.41, 5.74) is 3.13. The van der Waals surface area contributed by atoms with Gasteiger partial charge in [-0.2, -0.15) is 4.57 Å². The van der Waals surface area contributed by atoms with Crippen LogP contribution in [0, 0.1) is 0 Å². The molecule has 0 radical (unpaired) electrons. The molecule has 1 unspecified atom stereocenters. The van der Waals surface area contributed by atoms with Gasteiger partial charge in [-0.05, 0) is 72.2 Å². The molecule has 0 bridgehead atoms. The number of aromatic nitrogens is 1. The number of rotatable bonds is 12. The van der Waals surface area contributed by atoms with Crippen LogP contribution in [0.2, 0.25) is 0 Å². The molecule has 5 aromatic rings. The minimum atomic E-state index is -4.46. The molecule has 0 fully saturated rings. The first-order chi connectivity index (χ1) is 22.4. The van der Waals surface area contributed by atoms with E-state index in [2.05, 4.69) is 0 Å². The van der Waals surface area contributed by atoms with Crippen molar-refractivity contribution in [1.29, 1.82) is 0 Å². The zero-order valence-corrected chi connectivity index (χ0v) is 30.7. The maximum Gasteiger partial charge on any atom is 1.00 e. The van der Waals surface area contributed by atoms with Crippen molar-refractivity contribution in [3.63, 3.8) is 0 Å². The van der Waals surface area contributed by atoms with Crippen LogP contribution >= 0.6 is 0 Å². The predicted molar refractivity (Wildman–Crippen MR) is 180 cm³/mol. The Hall–Kier alpha value is -3.23. The second-order valence-electron chi connectivity index (χ2n) is 11.8. The first-order valence-corrected chi connectivity index (χ1v) is 18.6. The van der Waals surface area contributed by atoms with Gasteiger partial charge in [-0.15, -0.1) is 0 Å². The zero-order chi connectivity index (χ0) is 33.3. The van der Waals surface area contributed by atoms with E-state index in [1.807, 2.05) is 101 Å². The van der Waals surface area contributed by atoms with E-state index < -0.39 is 31.2 Å². The number of benzene rings is 4. The molecule has 4 aromatic carbocycles. The van der Waals surface area contributed by atoms with Gasteiger partial charge >= 0.3 is 35.4 Å². The minimum absolute atomic E-state index is 0. The van der Waals surface area contributed by atoms with Crippen LogP contribution in [0.15, 0.2) is 94.7 Å². The number of oxazole rings is 1. The van der Waals surface area contributed by atoms with Gasteiger partial charge in [-0.3, -0.25) is 0 Å². The molecule has 0 saturated carbocycles. The van der Waals surface area contributed by atoms with E-state index in [1.165, 1.54) is 6.92 Å². The summed E-state index contributed by atoms with van der Waals surface area (Å²) >= 11 is 0. The Kier molecular flexibility index (Phi) is 11.1. The van der Waals surface area contributed by atoms with Crippen molar-refractivity contribution < 1.29 is 69.2 Å². The fourth-order valence-electron chi connectivity index (χ4n) is 5.89. The Morgan fingerprint density at radius 1 is 0.938 bits per heavy atom. The van der Waals surface area contributed by atoms with Crippen molar-refractivity contribution in [2.45, 2.75) is 51.3 Å². The zero-order valence-electron chi connectivity index (χ0n) is 27.1. The third-order valence-corrected chi connectivity index (χ3v) is 10.5. The molecular weight excluding hydrogens is 664 g/mol. The standard InChI is InChI=1S/C35H36N2O8S2.Na/c1-3-25(20-33-36(17-8-9-19-46(38,39)40)30-22-27-11-4-5-12-28(27)23-32(30)45-33)21-34-37(18-16-24(2)47(41,42)43)35-29-13-7-6-10-26(29)14-15-31(35)44-34;/h4-7,10-15,20-24H,3,8-9,16-19H2,1-2H3,(H-,38,39,40,41,42,43);/q;+1/p-1. The van der Waals surface area contributed by atoms with Gasteiger partial charge in [-0.25, -0.2) is 16.8 Å². The monoisotopic (exact) mass is 698 g/mol. The van der Waals surface area contributed by atoms with E-state index in [-0.39, 0.29) is 48.9 Å². The van der Waals surface area contributed by atoms with Crippen LogP contribution in [0.1, 0.15) is 45.4 Å². The number of unbranched alkanes of at least 4 members (excludes halogenated alkanes) is 1. The molecule has 13 heteroatoms. The molecule has 2 heterocycles. The molecule has 0 aliphatic carbocycles. The van der Waals surface area contributed by atoms with E-state index in [1.54, 1.807) is 0 Å². The van der Waals surface area contributed by atoms with Crippen molar-refractivity contribution in [3.05, 3.63) is 96.2 Å². The summed E-state index contributed by atoms with van der Waals surface area (Å²) in [6.07, 6.45) is 5.18. The third kappa shape index (κ3) is 7.97. The van der Waals surface area contributed by atoms with E-state index in [0.29, 0.717) is 42.5 Å². The van der Waals surface area contributed by atoms with Crippen LogP contribution < -0.4 is 43.8 Å². The molecule has 0 saturated heterocycles. The van der Waals surface area contributed by atoms with Gasteiger partial charge in [0.25, 0.3) is 5.52 Å². The molecule has 10 nitrogen and oxygen atoms in total. The van der Waals surface area contributed by atoms with E-state index in [0.717, 1.165) is 38.3 Å². The second-order valence-corrected chi connectivity index (χ2v) is 15.1. The fourth-order valence-corrected chi connectivity index (χ4v) is 6.85. The number of hydrogen-bond donors (Lipinski definition) is 0. The summed E-state index contributed by atoms with van der Waals surface area (Å²) in [5.74, 6) is 1.28. The molecule has 1 aromatic heterocycles. The number of ether oxygens (including phenoxy) is 1. The summed E-state index contributed by atoms with van der Waals surface area (Å²) in [7, 11) is -8.78. The van der Waals surface area contributed by atoms with E-state index >= 15 is 0 Å². The third-order valence-electron chi connectivity index (χ3n) is 8.52. The largest absolute Gasteiger partial charge is 1.00 e. The predicted octanol–water partition coefficient (Wildman–Crippen LogP) is 3.21. The number of fused-ring (bicyclic) bond motifs is 5. The first kappa shape index (κ1) is 36.1. The van der Waals surface area contributed by atoms with Gasteiger partial charge in [-0.1, -0.05) is 55.5 Å². The smallest absolute Gasteiger partial charge is 0.748 e. The molecular formula is C35H35N2NaO8S2. The van der Waals surface area contributed by atoms with Crippen molar-refractivity contribution >= 4 is 64.6 Å². The molecule has 48 heavy (non-hydrogen) atoms. The Labute approximate surface area is 302 Å². The summed E-state index contributed by atoms with van der Waals surface area (Å²) in [6.45, 7) is 4.09. The Morgan fingerprint density at radius 3 is 2.31 bits per heavy atom. The van der Waals surface area contributed by atoms with Gasteiger partial charge in [0.15, 0.2) is 12.3 Å². The molecule has 1 aliphatic heterocycles. The number of nitrogens with zero attached hydrogens (tertiary/aromatic N) is 2. The average molecular weight is 699 g/mol. The summed E-state index contributed by atoms with van der Waals surface area (Å²) in [4.78, 5) is 1.99. The van der Waals surface area contributed by atoms with Crippen molar-refractivity contribution in [3.8, 4) is 5.75 Å². The molecule has 1 aliphatic rings. The normalized spacial score (nSPS) is 15.2. The van der Waals surface area contributed by atoms with Crippen LogP contribution in [-0.2, 0) is 26.8 Å². The van der Waals surface area contributed by atoms with Crippen LogP contribution in [-0.4, -0.2) is 43.5 Å². The number of aryl methyl sites for hydroxylation is 1. The van der Waals surface area contributed by atoms with Gasteiger partial charge < -0.3 is 23.2 Å². The first-order valence-electron chi connectivity index (χ1n) is 15.5. The van der Waals surface area contributed by atoms with Crippen LogP contribution in [0.25, 0.3) is 38.7 Å². The Balaban J connectivity index is 0.00000451. The summed E-state index contributed by atoms with van der Waals surface area (Å²) in [6, 6.07) is 23.6. The van der Waals surface area contributed by atoms with Gasteiger partial charge in [0.2, 0.25) is 11.5 Å². The molecule has 0 amide bonds. The van der Waals surface area contributed by atoms with Crippen LogP contribution in [0.4, 0.5) is 5.69 Å². The maximum atomic E-state index is 11.7. The quantitative estimate of drug-likeness (QED) is 0.0831. The number of anilines is 1. The van der Waals surface area contributed by atoms with E-state index in [4.69, 9.17) is 9.15 Å². The number of hydrogen-bond acceptors (Lipinski definition) is 9. The van der Waals surface area contributed by atoms with E-state index in [9.17, 15) is 25.9 Å². The summed E-state index contributed by atoms with van der Waals surface area (Å²) in [5, 5.41) is 2.90. The molecule has 0 N–H and O–H groups in total.